The molecule has 0 aliphatic carbocycles. The maximum Gasteiger partial charge on any atom is 0.222 e. The van der Waals surface area contributed by atoms with Gasteiger partial charge in [0.1, 0.15) is 0 Å². The van der Waals surface area contributed by atoms with Crippen LogP contribution in [0, 0.1) is 0 Å². The van der Waals surface area contributed by atoms with E-state index >= 15 is 0 Å². The maximum absolute atomic E-state index is 12.3. The molecular formula is C17H26N2O. The molecule has 1 aromatic carbocycles. The minimum atomic E-state index is 0.303. The summed E-state index contributed by atoms with van der Waals surface area (Å²) in [6, 6.07) is 11.0. The minimum absolute atomic E-state index is 0.303. The molecule has 1 unspecified atom stereocenters. The van der Waals surface area contributed by atoms with Crippen LogP contribution in [0.4, 0.5) is 0 Å². The van der Waals surface area contributed by atoms with Crippen molar-refractivity contribution in [3.63, 3.8) is 0 Å². The number of likely N-dealkylation sites (N-methyl/N-ethyl adjacent to an activating group) is 1. The third-order valence-electron chi connectivity index (χ3n) is 4.12. The van der Waals surface area contributed by atoms with E-state index in [9.17, 15) is 4.79 Å². The molecule has 0 bridgehead atoms. The summed E-state index contributed by atoms with van der Waals surface area (Å²) in [6.07, 6.45) is 5.09. The van der Waals surface area contributed by atoms with Crippen molar-refractivity contribution in [2.45, 2.75) is 45.1 Å². The zero-order valence-corrected chi connectivity index (χ0v) is 12.5. The van der Waals surface area contributed by atoms with Gasteiger partial charge in [0.05, 0.1) is 0 Å². The lowest BCUT2D eigenvalue weighted by molar-refractivity contribution is -0.131. The van der Waals surface area contributed by atoms with Crippen molar-refractivity contribution >= 4 is 5.91 Å². The molecule has 2 rings (SSSR count). The Labute approximate surface area is 122 Å². The number of rotatable bonds is 7. The van der Waals surface area contributed by atoms with Crippen LogP contribution >= 0.6 is 0 Å². The lowest BCUT2D eigenvalue weighted by Crippen LogP contribution is -2.34. The predicted octanol–water partition coefficient (Wildman–Crippen LogP) is 2.61. The molecule has 1 aliphatic heterocycles. The van der Waals surface area contributed by atoms with Gasteiger partial charge in [-0.25, -0.2) is 0 Å². The van der Waals surface area contributed by atoms with E-state index in [-0.39, 0.29) is 0 Å². The Bertz CT molecular complexity index is 399. The molecule has 1 N–H and O–H groups in total. The van der Waals surface area contributed by atoms with Crippen LogP contribution in [0.15, 0.2) is 30.3 Å². The van der Waals surface area contributed by atoms with Crippen LogP contribution in [0.3, 0.4) is 0 Å². The molecule has 1 amide bonds. The Morgan fingerprint density at radius 2 is 2.15 bits per heavy atom. The standard InChI is InChI=1S/C17H26N2O/c1-2-19(14-12-15-7-4-3-5-8-15)17(20)11-10-16-9-6-13-18-16/h3-5,7-8,16,18H,2,6,9-14H2,1H3. The first-order chi connectivity index (χ1) is 9.79. The van der Waals surface area contributed by atoms with Gasteiger partial charge in [0, 0.05) is 25.6 Å². The van der Waals surface area contributed by atoms with E-state index in [0.717, 1.165) is 32.5 Å². The molecule has 1 aromatic rings. The molecule has 0 radical (unpaired) electrons. The van der Waals surface area contributed by atoms with Crippen LogP contribution in [-0.2, 0) is 11.2 Å². The van der Waals surface area contributed by atoms with Gasteiger partial charge < -0.3 is 10.2 Å². The Morgan fingerprint density at radius 3 is 2.80 bits per heavy atom. The summed E-state index contributed by atoms with van der Waals surface area (Å²) in [4.78, 5) is 14.2. The number of nitrogens with one attached hydrogen (secondary N) is 1. The third-order valence-corrected chi connectivity index (χ3v) is 4.12. The summed E-state index contributed by atoms with van der Waals surface area (Å²) in [7, 11) is 0. The van der Waals surface area contributed by atoms with Gasteiger partial charge in [0.15, 0.2) is 0 Å². The lowest BCUT2D eigenvalue weighted by Gasteiger charge is -2.22. The first-order valence-electron chi connectivity index (χ1n) is 7.84. The highest BCUT2D eigenvalue weighted by atomic mass is 16.2. The Morgan fingerprint density at radius 1 is 1.35 bits per heavy atom. The van der Waals surface area contributed by atoms with E-state index in [1.165, 1.54) is 18.4 Å². The summed E-state index contributed by atoms with van der Waals surface area (Å²) in [5.74, 6) is 0.303. The molecule has 20 heavy (non-hydrogen) atoms. The second kappa shape index (κ2) is 8.05. The van der Waals surface area contributed by atoms with E-state index in [1.807, 2.05) is 11.0 Å². The van der Waals surface area contributed by atoms with Gasteiger partial charge in [-0.3, -0.25) is 4.79 Å². The Kier molecular flexibility index (Phi) is 6.06. The average Bonchev–Trinajstić information content (AvgIpc) is 3.00. The first-order valence-corrected chi connectivity index (χ1v) is 7.84. The van der Waals surface area contributed by atoms with Gasteiger partial charge in [-0.2, -0.15) is 0 Å². The second-order valence-electron chi connectivity index (χ2n) is 5.54. The molecule has 1 aliphatic rings. The number of carbonyl (C=O) groups is 1. The van der Waals surface area contributed by atoms with Crippen LogP contribution in [-0.4, -0.2) is 36.5 Å². The molecule has 3 nitrogen and oxygen atoms in total. The summed E-state index contributed by atoms with van der Waals surface area (Å²) in [5.41, 5.74) is 1.30. The van der Waals surface area contributed by atoms with Gasteiger partial charge in [0.25, 0.3) is 0 Å². The van der Waals surface area contributed by atoms with Crippen molar-refractivity contribution in [3.8, 4) is 0 Å². The van der Waals surface area contributed by atoms with E-state index in [0.29, 0.717) is 18.4 Å². The fourth-order valence-corrected chi connectivity index (χ4v) is 2.83. The Hall–Kier alpha value is -1.35. The van der Waals surface area contributed by atoms with Crippen LogP contribution in [0.1, 0.15) is 38.2 Å². The largest absolute Gasteiger partial charge is 0.343 e. The highest BCUT2D eigenvalue weighted by Crippen LogP contribution is 2.12. The number of benzene rings is 1. The fraction of sp³-hybridized carbons (Fsp3) is 0.588. The first kappa shape index (κ1) is 15.0. The third kappa shape index (κ3) is 4.64. The quantitative estimate of drug-likeness (QED) is 0.829. The molecule has 0 aromatic heterocycles. The van der Waals surface area contributed by atoms with Crippen molar-refractivity contribution < 1.29 is 4.79 Å². The van der Waals surface area contributed by atoms with E-state index < -0.39 is 0 Å². The second-order valence-corrected chi connectivity index (χ2v) is 5.54. The van der Waals surface area contributed by atoms with Gasteiger partial charge >= 0.3 is 0 Å². The highest BCUT2D eigenvalue weighted by Gasteiger charge is 2.17. The number of hydrogen-bond donors (Lipinski definition) is 1. The Balaban J connectivity index is 1.73. The molecule has 0 spiro atoms. The van der Waals surface area contributed by atoms with Gasteiger partial charge in [-0.1, -0.05) is 30.3 Å². The zero-order chi connectivity index (χ0) is 14.2. The van der Waals surface area contributed by atoms with Gasteiger partial charge in [0.2, 0.25) is 5.91 Å². The molecule has 1 fully saturated rings. The van der Waals surface area contributed by atoms with Crippen LogP contribution < -0.4 is 5.32 Å². The molecule has 0 saturated carbocycles. The van der Waals surface area contributed by atoms with E-state index in [1.54, 1.807) is 0 Å². The van der Waals surface area contributed by atoms with E-state index in [2.05, 4.69) is 36.5 Å². The SMILES string of the molecule is CCN(CCc1ccccc1)C(=O)CCC1CCCN1. The lowest BCUT2D eigenvalue weighted by atomic mass is 10.1. The van der Waals surface area contributed by atoms with Gasteiger partial charge in [-0.15, -0.1) is 0 Å². The van der Waals surface area contributed by atoms with Crippen LogP contribution in [0.5, 0.6) is 0 Å². The summed E-state index contributed by atoms with van der Waals surface area (Å²) >= 11 is 0. The van der Waals surface area contributed by atoms with E-state index in [4.69, 9.17) is 0 Å². The number of nitrogens with zero attached hydrogens (tertiary/aromatic N) is 1. The summed E-state index contributed by atoms with van der Waals surface area (Å²) < 4.78 is 0. The molecule has 1 heterocycles. The van der Waals surface area contributed by atoms with Crippen molar-refractivity contribution in [3.05, 3.63) is 35.9 Å². The fourth-order valence-electron chi connectivity index (χ4n) is 2.83. The van der Waals surface area contributed by atoms with Crippen molar-refractivity contribution in [2.75, 3.05) is 19.6 Å². The monoisotopic (exact) mass is 274 g/mol. The number of carbonyl (C=O) groups excluding carboxylic acids is 1. The van der Waals surface area contributed by atoms with Gasteiger partial charge in [-0.05, 0) is 44.7 Å². The highest BCUT2D eigenvalue weighted by molar-refractivity contribution is 5.76. The smallest absolute Gasteiger partial charge is 0.222 e. The molecule has 1 atom stereocenters. The summed E-state index contributed by atoms with van der Waals surface area (Å²) in [6.45, 7) is 4.82. The normalized spacial score (nSPS) is 18.1. The summed E-state index contributed by atoms with van der Waals surface area (Å²) in [5, 5.41) is 3.46. The molecule has 3 heteroatoms. The molecule has 1 saturated heterocycles. The van der Waals surface area contributed by atoms with Crippen LogP contribution in [0.2, 0.25) is 0 Å². The minimum Gasteiger partial charge on any atom is -0.343 e. The van der Waals surface area contributed by atoms with Crippen LogP contribution in [0.25, 0.3) is 0 Å². The predicted molar refractivity (Wildman–Crippen MR) is 82.7 cm³/mol. The zero-order valence-electron chi connectivity index (χ0n) is 12.5. The topological polar surface area (TPSA) is 32.3 Å². The number of hydrogen-bond acceptors (Lipinski definition) is 2. The molecular weight excluding hydrogens is 248 g/mol. The number of amides is 1. The van der Waals surface area contributed by atoms with Crippen molar-refractivity contribution in [1.29, 1.82) is 0 Å². The van der Waals surface area contributed by atoms with Crippen molar-refractivity contribution in [2.24, 2.45) is 0 Å². The average molecular weight is 274 g/mol. The maximum atomic E-state index is 12.3. The van der Waals surface area contributed by atoms with Crippen molar-refractivity contribution in [1.82, 2.24) is 10.2 Å². The molecule has 110 valence electrons.